The van der Waals surface area contributed by atoms with Gasteiger partial charge in [-0.15, -0.1) is 12.4 Å². The summed E-state index contributed by atoms with van der Waals surface area (Å²) in [6.07, 6.45) is 1.14. The summed E-state index contributed by atoms with van der Waals surface area (Å²) in [6, 6.07) is 4.71. The highest BCUT2D eigenvalue weighted by molar-refractivity contribution is 7.91. The summed E-state index contributed by atoms with van der Waals surface area (Å²) in [5.74, 6) is -1.49. The van der Waals surface area contributed by atoms with Gasteiger partial charge in [0.2, 0.25) is 0 Å². The molecule has 0 amide bonds. The molecule has 0 radical (unpaired) electrons. The summed E-state index contributed by atoms with van der Waals surface area (Å²) < 4.78 is 36.9. The molecule has 0 saturated heterocycles. The molecule has 22 heavy (non-hydrogen) atoms. The Morgan fingerprint density at radius 3 is 2.32 bits per heavy atom. The van der Waals surface area contributed by atoms with Crippen LogP contribution in [0.15, 0.2) is 29.2 Å². The zero-order valence-electron chi connectivity index (χ0n) is 12.4. The van der Waals surface area contributed by atoms with E-state index in [0.717, 1.165) is 18.6 Å². The Balaban J connectivity index is 0.00000441. The average molecular weight is 354 g/mol. The van der Waals surface area contributed by atoms with Crippen LogP contribution in [0, 0.1) is 5.82 Å². The van der Waals surface area contributed by atoms with Crippen LogP contribution in [0.2, 0.25) is 0 Å². The van der Waals surface area contributed by atoms with Crippen LogP contribution >= 0.6 is 12.4 Å². The Bertz CT molecular complexity index is 563. The zero-order chi connectivity index (χ0) is 15.9. The Hall–Kier alpha value is -1.18. The van der Waals surface area contributed by atoms with Crippen molar-refractivity contribution < 1.29 is 22.7 Å². The van der Waals surface area contributed by atoms with E-state index in [1.165, 1.54) is 12.1 Å². The number of hydrogen-bond donors (Lipinski definition) is 1. The molecular weight excluding hydrogens is 333 g/mol. The number of carboxylic acids is 1. The lowest BCUT2D eigenvalue weighted by Gasteiger charge is -2.19. The van der Waals surface area contributed by atoms with Crippen molar-refractivity contribution in [1.29, 1.82) is 0 Å². The smallest absolute Gasteiger partial charge is 0.317 e. The lowest BCUT2D eigenvalue weighted by molar-refractivity contribution is -0.138. The molecule has 1 aromatic rings. The third-order valence-electron chi connectivity index (χ3n) is 2.96. The maximum absolute atomic E-state index is 12.8. The van der Waals surface area contributed by atoms with Crippen molar-refractivity contribution in [3.63, 3.8) is 0 Å². The van der Waals surface area contributed by atoms with Gasteiger partial charge in [0.15, 0.2) is 9.84 Å². The molecule has 0 aromatic heterocycles. The molecular formula is C14H21ClFNO4S. The molecule has 8 heteroatoms. The molecule has 0 aliphatic heterocycles. The molecule has 0 unspecified atom stereocenters. The Kier molecular flexibility index (Phi) is 9.24. The van der Waals surface area contributed by atoms with Gasteiger partial charge in [0.05, 0.1) is 17.2 Å². The van der Waals surface area contributed by atoms with Gasteiger partial charge >= 0.3 is 5.97 Å². The van der Waals surface area contributed by atoms with Crippen molar-refractivity contribution in [2.45, 2.75) is 24.7 Å². The minimum atomic E-state index is -3.46. The van der Waals surface area contributed by atoms with Crippen LogP contribution in [-0.4, -0.2) is 49.8 Å². The van der Waals surface area contributed by atoms with Gasteiger partial charge in [-0.25, -0.2) is 12.8 Å². The van der Waals surface area contributed by atoms with Gasteiger partial charge < -0.3 is 5.11 Å². The molecule has 1 aromatic carbocycles. The van der Waals surface area contributed by atoms with Crippen molar-refractivity contribution in [3.8, 4) is 0 Å². The highest BCUT2D eigenvalue weighted by Crippen LogP contribution is 2.13. The number of hydrogen-bond acceptors (Lipinski definition) is 4. The molecule has 0 saturated carbocycles. The molecule has 1 rings (SSSR count). The highest BCUT2D eigenvalue weighted by atomic mass is 35.5. The van der Waals surface area contributed by atoms with E-state index >= 15 is 0 Å². The molecule has 0 atom stereocenters. The van der Waals surface area contributed by atoms with Gasteiger partial charge in [-0.1, -0.05) is 6.92 Å². The number of sulfone groups is 1. The van der Waals surface area contributed by atoms with Gasteiger partial charge in [-0.05, 0) is 50.2 Å². The molecule has 126 valence electrons. The van der Waals surface area contributed by atoms with E-state index in [-0.39, 0.29) is 29.6 Å². The number of aliphatic carboxylic acids is 1. The van der Waals surface area contributed by atoms with Crippen LogP contribution < -0.4 is 0 Å². The Morgan fingerprint density at radius 2 is 1.82 bits per heavy atom. The SMILES string of the molecule is CCCN(CCCS(=O)(=O)c1ccc(F)cc1)CC(=O)O.Cl. The normalized spacial score (nSPS) is 11.2. The monoisotopic (exact) mass is 353 g/mol. The molecule has 5 nitrogen and oxygen atoms in total. The van der Waals surface area contributed by atoms with Crippen LogP contribution in [0.4, 0.5) is 4.39 Å². The average Bonchev–Trinajstić information content (AvgIpc) is 2.38. The van der Waals surface area contributed by atoms with Crippen LogP contribution in [0.1, 0.15) is 19.8 Å². The number of nitrogens with zero attached hydrogens (tertiary/aromatic N) is 1. The first-order valence-electron chi connectivity index (χ1n) is 6.77. The van der Waals surface area contributed by atoms with E-state index in [1.54, 1.807) is 4.90 Å². The van der Waals surface area contributed by atoms with Gasteiger partial charge in [0, 0.05) is 0 Å². The summed E-state index contributed by atoms with van der Waals surface area (Å²) >= 11 is 0. The Morgan fingerprint density at radius 1 is 1.23 bits per heavy atom. The van der Waals surface area contributed by atoms with Crippen molar-refractivity contribution in [2.24, 2.45) is 0 Å². The van der Waals surface area contributed by atoms with Crippen LogP contribution in [-0.2, 0) is 14.6 Å². The minimum Gasteiger partial charge on any atom is -0.480 e. The first kappa shape index (κ1) is 20.8. The van der Waals surface area contributed by atoms with Gasteiger partial charge in [0.1, 0.15) is 5.82 Å². The summed E-state index contributed by atoms with van der Waals surface area (Å²) in [7, 11) is -3.46. The van der Waals surface area contributed by atoms with Crippen LogP contribution in [0.3, 0.4) is 0 Å². The minimum absolute atomic E-state index is 0. The molecule has 0 bridgehead atoms. The van der Waals surface area contributed by atoms with Crippen LogP contribution in [0.5, 0.6) is 0 Å². The van der Waals surface area contributed by atoms with E-state index in [9.17, 15) is 17.6 Å². The number of benzene rings is 1. The fraction of sp³-hybridized carbons (Fsp3) is 0.500. The number of rotatable bonds is 9. The fourth-order valence-corrected chi connectivity index (χ4v) is 3.31. The van der Waals surface area contributed by atoms with Crippen LogP contribution in [0.25, 0.3) is 0 Å². The molecule has 1 N–H and O–H groups in total. The van der Waals surface area contributed by atoms with E-state index < -0.39 is 21.6 Å². The van der Waals surface area contributed by atoms with E-state index in [4.69, 9.17) is 5.11 Å². The van der Waals surface area contributed by atoms with Crippen molar-refractivity contribution in [1.82, 2.24) is 4.90 Å². The quantitative estimate of drug-likeness (QED) is 0.689. The van der Waals surface area contributed by atoms with Gasteiger partial charge in [0.25, 0.3) is 0 Å². The maximum Gasteiger partial charge on any atom is 0.317 e. The lowest BCUT2D eigenvalue weighted by atomic mass is 10.3. The Labute approximate surface area is 136 Å². The maximum atomic E-state index is 12.8. The predicted molar refractivity (Wildman–Crippen MR) is 84.7 cm³/mol. The second kappa shape index (κ2) is 9.76. The standard InChI is InChI=1S/C14H20FNO4S.ClH/c1-2-8-16(11-14(17)18)9-3-10-21(19,20)13-6-4-12(15)5-7-13;/h4-7H,2-3,8-11H2,1H3,(H,17,18);1H. The number of halogens is 2. The van der Waals surface area contributed by atoms with E-state index in [0.29, 0.717) is 19.5 Å². The summed E-state index contributed by atoms with van der Waals surface area (Å²) in [5.41, 5.74) is 0. The third kappa shape index (κ3) is 7.20. The molecule has 0 spiro atoms. The first-order valence-corrected chi connectivity index (χ1v) is 8.43. The second-order valence-electron chi connectivity index (χ2n) is 4.80. The van der Waals surface area contributed by atoms with Crippen molar-refractivity contribution >= 4 is 28.2 Å². The lowest BCUT2D eigenvalue weighted by Crippen LogP contribution is -2.32. The summed E-state index contributed by atoms with van der Waals surface area (Å²) in [6.45, 7) is 2.86. The highest BCUT2D eigenvalue weighted by Gasteiger charge is 2.15. The summed E-state index contributed by atoms with van der Waals surface area (Å²) in [4.78, 5) is 12.5. The molecule has 0 heterocycles. The largest absolute Gasteiger partial charge is 0.480 e. The van der Waals surface area contributed by atoms with Gasteiger partial charge in [-0.2, -0.15) is 0 Å². The molecule has 0 aliphatic rings. The number of carbonyl (C=O) groups is 1. The van der Waals surface area contributed by atoms with E-state index in [1.807, 2.05) is 6.92 Å². The van der Waals surface area contributed by atoms with Crippen molar-refractivity contribution in [2.75, 3.05) is 25.4 Å². The molecule has 0 aliphatic carbocycles. The topological polar surface area (TPSA) is 74.7 Å². The number of carboxylic acid groups (broad SMARTS) is 1. The van der Waals surface area contributed by atoms with Crippen molar-refractivity contribution in [3.05, 3.63) is 30.1 Å². The van der Waals surface area contributed by atoms with E-state index in [2.05, 4.69) is 0 Å². The second-order valence-corrected chi connectivity index (χ2v) is 6.91. The van der Waals surface area contributed by atoms with Gasteiger partial charge in [-0.3, -0.25) is 9.69 Å². The summed E-state index contributed by atoms with van der Waals surface area (Å²) in [5, 5.41) is 8.78. The first-order chi connectivity index (χ1) is 9.85. The fourth-order valence-electron chi connectivity index (χ4n) is 2.02. The predicted octanol–water partition coefficient (Wildman–Crippen LogP) is 2.21. The third-order valence-corrected chi connectivity index (χ3v) is 4.78. The zero-order valence-corrected chi connectivity index (χ0v) is 14.0. The molecule has 0 fully saturated rings.